The average molecular weight is 269 g/mol. The lowest BCUT2D eigenvalue weighted by molar-refractivity contribution is 0.178. The fourth-order valence-electron chi connectivity index (χ4n) is 1.45. The topological polar surface area (TPSA) is 35.0 Å². The number of ether oxygens (including phenoxy) is 1. The van der Waals surface area contributed by atoms with Gasteiger partial charge in [-0.3, -0.25) is 0 Å². The number of halogens is 2. The van der Waals surface area contributed by atoms with E-state index in [2.05, 4.69) is 9.97 Å². The van der Waals surface area contributed by atoms with Crippen LogP contribution in [0.4, 0.5) is 0 Å². The summed E-state index contributed by atoms with van der Waals surface area (Å²) in [7, 11) is 1.59. The van der Waals surface area contributed by atoms with Crippen LogP contribution in [0.5, 0.6) is 0 Å². The van der Waals surface area contributed by atoms with Gasteiger partial charge in [0.25, 0.3) is 0 Å². The van der Waals surface area contributed by atoms with Crippen molar-refractivity contribution < 1.29 is 4.74 Å². The summed E-state index contributed by atoms with van der Waals surface area (Å²) in [4.78, 5) is 8.42. The summed E-state index contributed by atoms with van der Waals surface area (Å²) in [5.41, 5.74) is 1.64. The Kier molecular flexibility index (Phi) is 3.94. The van der Waals surface area contributed by atoms with Crippen molar-refractivity contribution in [2.45, 2.75) is 6.61 Å². The van der Waals surface area contributed by atoms with Gasteiger partial charge in [-0.05, 0) is 12.1 Å². The van der Waals surface area contributed by atoms with Gasteiger partial charge < -0.3 is 4.74 Å². The van der Waals surface area contributed by atoms with Crippen LogP contribution in [0.15, 0.2) is 30.3 Å². The van der Waals surface area contributed by atoms with Gasteiger partial charge in [0.2, 0.25) is 0 Å². The molecule has 3 nitrogen and oxygen atoms in total. The molecule has 2 aromatic rings. The molecule has 0 amide bonds. The van der Waals surface area contributed by atoms with Crippen LogP contribution in [0, 0.1) is 0 Å². The summed E-state index contributed by atoms with van der Waals surface area (Å²) in [5.74, 6) is 0.551. The standard InChI is InChI=1S/C12H10Cl2N2O/c1-17-7-12-15-10(6-11(14)16-12)8-3-2-4-9(13)5-8/h2-6H,7H2,1H3. The first-order valence-electron chi connectivity index (χ1n) is 4.97. The van der Waals surface area contributed by atoms with Crippen molar-refractivity contribution in [2.75, 3.05) is 7.11 Å². The van der Waals surface area contributed by atoms with Crippen molar-refractivity contribution in [3.05, 3.63) is 46.3 Å². The Balaban J connectivity index is 2.44. The smallest absolute Gasteiger partial charge is 0.156 e. The van der Waals surface area contributed by atoms with Gasteiger partial charge in [-0.15, -0.1) is 0 Å². The van der Waals surface area contributed by atoms with Gasteiger partial charge in [-0.2, -0.15) is 0 Å². The van der Waals surface area contributed by atoms with Crippen molar-refractivity contribution in [2.24, 2.45) is 0 Å². The molecule has 0 bridgehead atoms. The SMILES string of the molecule is COCc1nc(Cl)cc(-c2cccc(Cl)c2)n1. The second kappa shape index (κ2) is 5.45. The molecule has 0 N–H and O–H groups in total. The summed E-state index contributed by atoms with van der Waals surface area (Å²) < 4.78 is 4.99. The highest BCUT2D eigenvalue weighted by molar-refractivity contribution is 6.31. The molecule has 1 heterocycles. The van der Waals surface area contributed by atoms with Crippen molar-refractivity contribution in [3.63, 3.8) is 0 Å². The molecule has 0 aliphatic carbocycles. The molecule has 17 heavy (non-hydrogen) atoms. The molecule has 0 saturated carbocycles. The van der Waals surface area contributed by atoms with Crippen LogP contribution in [0.3, 0.4) is 0 Å². The predicted molar refractivity (Wildman–Crippen MR) is 68.2 cm³/mol. The number of nitrogens with zero attached hydrogens (tertiary/aromatic N) is 2. The number of rotatable bonds is 3. The molecule has 5 heteroatoms. The van der Waals surface area contributed by atoms with Crippen molar-refractivity contribution in [1.82, 2.24) is 9.97 Å². The van der Waals surface area contributed by atoms with Gasteiger partial charge in [0, 0.05) is 23.8 Å². The molecule has 0 fully saturated rings. The van der Waals surface area contributed by atoms with E-state index in [0.717, 1.165) is 11.3 Å². The molecular formula is C12H10Cl2N2O. The lowest BCUT2D eigenvalue weighted by atomic mass is 10.1. The van der Waals surface area contributed by atoms with Crippen molar-refractivity contribution in [3.8, 4) is 11.3 Å². The Morgan fingerprint density at radius 2 is 2.00 bits per heavy atom. The molecule has 1 aromatic carbocycles. The Hall–Kier alpha value is -1.16. The highest BCUT2D eigenvalue weighted by Crippen LogP contribution is 2.23. The van der Waals surface area contributed by atoms with Gasteiger partial charge in [-0.25, -0.2) is 9.97 Å². The fraction of sp³-hybridized carbons (Fsp3) is 0.167. The monoisotopic (exact) mass is 268 g/mol. The maximum absolute atomic E-state index is 5.94. The Morgan fingerprint density at radius 1 is 1.18 bits per heavy atom. The second-order valence-corrected chi connectivity index (χ2v) is 4.26. The van der Waals surface area contributed by atoms with Gasteiger partial charge in [0.1, 0.15) is 11.8 Å². The normalized spacial score (nSPS) is 10.5. The number of hydrogen-bond donors (Lipinski definition) is 0. The number of aromatic nitrogens is 2. The van der Waals surface area contributed by atoms with Gasteiger partial charge in [-0.1, -0.05) is 35.3 Å². The van der Waals surface area contributed by atoms with E-state index in [-0.39, 0.29) is 0 Å². The van der Waals surface area contributed by atoms with Crippen LogP contribution < -0.4 is 0 Å². The van der Waals surface area contributed by atoms with E-state index in [1.54, 1.807) is 13.2 Å². The van der Waals surface area contributed by atoms with E-state index in [1.165, 1.54) is 0 Å². The largest absolute Gasteiger partial charge is 0.377 e. The maximum Gasteiger partial charge on any atom is 0.156 e. The predicted octanol–water partition coefficient (Wildman–Crippen LogP) is 3.60. The highest BCUT2D eigenvalue weighted by atomic mass is 35.5. The molecule has 1 aromatic heterocycles. The summed E-state index contributed by atoms with van der Waals surface area (Å²) in [6.45, 7) is 0.328. The fourth-order valence-corrected chi connectivity index (χ4v) is 1.85. The number of benzene rings is 1. The minimum absolute atomic E-state index is 0.328. The zero-order valence-electron chi connectivity index (χ0n) is 9.15. The van der Waals surface area contributed by atoms with E-state index in [4.69, 9.17) is 27.9 Å². The first kappa shape index (κ1) is 12.3. The van der Waals surface area contributed by atoms with Crippen LogP contribution in [0.25, 0.3) is 11.3 Å². The number of methoxy groups -OCH3 is 1. The molecule has 0 saturated heterocycles. The zero-order chi connectivity index (χ0) is 12.3. The molecule has 2 rings (SSSR count). The minimum Gasteiger partial charge on any atom is -0.377 e. The highest BCUT2D eigenvalue weighted by Gasteiger charge is 2.05. The third-order valence-corrected chi connectivity index (χ3v) is 2.56. The van der Waals surface area contributed by atoms with Crippen molar-refractivity contribution in [1.29, 1.82) is 0 Å². The zero-order valence-corrected chi connectivity index (χ0v) is 10.7. The molecule has 0 aliphatic heterocycles. The van der Waals surface area contributed by atoms with Crippen LogP contribution >= 0.6 is 23.2 Å². The molecule has 0 spiro atoms. The molecule has 0 unspecified atom stereocenters. The Labute approximate surface area is 109 Å². The summed E-state index contributed by atoms with van der Waals surface area (Å²) >= 11 is 11.9. The second-order valence-electron chi connectivity index (χ2n) is 3.44. The van der Waals surface area contributed by atoms with E-state index >= 15 is 0 Å². The van der Waals surface area contributed by atoms with Gasteiger partial charge in [0.05, 0.1) is 5.69 Å². The third-order valence-electron chi connectivity index (χ3n) is 2.14. The van der Waals surface area contributed by atoms with E-state index in [9.17, 15) is 0 Å². The molecule has 0 atom stereocenters. The van der Waals surface area contributed by atoms with Crippen LogP contribution in [0.2, 0.25) is 10.2 Å². The summed E-state index contributed by atoms with van der Waals surface area (Å²) in [6.07, 6.45) is 0. The third kappa shape index (κ3) is 3.16. The molecule has 0 radical (unpaired) electrons. The minimum atomic E-state index is 0.328. The van der Waals surface area contributed by atoms with Crippen LogP contribution in [0.1, 0.15) is 5.82 Å². The lowest BCUT2D eigenvalue weighted by Crippen LogP contribution is -1.98. The quantitative estimate of drug-likeness (QED) is 0.798. The van der Waals surface area contributed by atoms with Crippen molar-refractivity contribution >= 4 is 23.2 Å². The maximum atomic E-state index is 5.94. The van der Waals surface area contributed by atoms with E-state index in [0.29, 0.717) is 22.6 Å². The lowest BCUT2D eigenvalue weighted by Gasteiger charge is -2.05. The molecule has 88 valence electrons. The van der Waals surface area contributed by atoms with E-state index < -0.39 is 0 Å². The Bertz CT molecular complexity index is 532. The molecule has 0 aliphatic rings. The summed E-state index contributed by atoms with van der Waals surface area (Å²) in [5, 5.41) is 1.05. The summed E-state index contributed by atoms with van der Waals surface area (Å²) in [6, 6.07) is 9.12. The number of hydrogen-bond acceptors (Lipinski definition) is 3. The first-order valence-corrected chi connectivity index (χ1v) is 5.73. The average Bonchev–Trinajstić information content (AvgIpc) is 2.28. The van der Waals surface area contributed by atoms with Crippen LogP contribution in [-0.4, -0.2) is 17.1 Å². The van der Waals surface area contributed by atoms with E-state index in [1.807, 2.05) is 24.3 Å². The van der Waals surface area contributed by atoms with Gasteiger partial charge in [0.15, 0.2) is 5.82 Å². The van der Waals surface area contributed by atoms with Crippen LogP contribution in [-0.2, 0) is 11.3 Å². The Morgan fingerprint density at radius 3 is 2.71 bits per heavy atom. The first-order chi connectivity index (χ1) is 8.19. The molecular weight excluding hydrogens is 259 g/mol. The van der Waals surface area contributed by atoms with Gasteiger partial charge >= 0.3 is 0 Å².